The van der Waals surface area contributed by atoms with Gasteiger partial charge in [0.25, 0.3) is 0 Å². The zero-order valence-electron chi connectivity index (χ0n) is 7.72. The highest BCUT2D eigenvalue weighted by molar-refractivity contribution is 5.97. The molecule has 1 heterocycles. The molecule has 1 nitrogen and oxygen atoms in total. The molecule has 1 aliphatic rings. The first-order valence-electron chi connectivity index (χ1n) is 4.39. The number of allylic oxidation sites excluding steroid dienone is 2. The number of hydrogen-bond acceptors (Lipinski definition) is 1. The molecule has 0 spiro atoms. The van der Waals surface area contributed by atoms with E-state index in [-0.39, 0.29) is 0 Å². The van der Waals surface area contributed by atoms with Gasteiger partial charge in [-0.1, -0.05) is 12.5 Å². The van der Waals surface area contributed by atoms with E-state index in [1.54, 1.807) is 0 Å². The Hall–Kier alpha value is -0.590. The Morgan fingerprint density at radius 1 is 1.55 bits per heavy atom. The van der Waals surface area contributed by atoms with Crippen LogP contribution in [0.3, 0.4) is 0 Å². The molecule has 0 saturated carbocycles. The number of nitrogens with zero attached hydrogens (tertiary/aromatic N) is 1. The fraction of sp³-hybridized carbons (Fsp3) is 0.700. The summed E-state index contributed by atoms with van der Waals surface area (Å²) in [5, 5.41) is 0. The first kappa shape index (κ1) is 8.51. The summed E-state index contributed by atoms with van der Waals surface area (Å²) in [6.45, 7) is 7.55. The summed E-state index contributed by atoms with van der Waals surface area (Å²) in [6, 6.07) is 0. The average molecular weight is 151 g/mol. The minimum Gasteiger partial charge on any atom is -0.289 e. The first-order valence-corrected chi connectivity index (χ1v) is 4.39. The van der Waals surface area contributed by atoms with Crippen LogP contribution in [0.15, 0.2) is 16.6 Å². The fourth-order valence-corrected chi connectivity index (χ4v) is 1.39. The highest BCUT2D eigenvalue weighted by Gasteiger charge is 2.11. The number of rotatable bonds is 1. The molecule has 0 N–H and O–H groups in total. The molecule has 0 aliphatic carbocycles. The second-order valence-corrected chi connectivity index (χ2v) is 3.57. The second kappa shape index (κ2) is 3.70. The summed E-state index contributed by atoms with van der Waals surface area (Å²) < 4.78 is 0. The van der Waals surface area contributed by atoms with Crippen molar-refractivity contribution in [3.63, 3.8) is 0 Å². The lowest BCUT2D eigenvalue weighted by Crippen LogP contribution is -2.14. The minimum atomic E-state index is 0.679. The molecule has 0 bridgehead atoms. The average Bonchev–Trinajstić information content (AvgIpc) is 1.93. The molecule has 1 heteroatoms. The van der Waals surface area contributed by atoms with Crippen LogP contribution in [0.25, 0.3) is 0 Å². The topological polar surface area (TPSA) is 12.4 Å². The van der Waals surface area contributed by atoms with Gasteiger partial charge in [-0.05, 0) is 38.7 Å². The normalized spacial score (nSPS) is 24.3. The molecule has 0 radical (unpaired) electrons. The van der Waals surface area contributed by atoms with Gasteiger partial charge < -0.3 is 0 Å². The molecule has 11 heavy (non-hydrogen) atoms. The molecule has 0 fully saturated rings. The van der Waals surface area contributed by atoms with Gasteiger partial charge in [0.05, 0.1) is 0 Å². The molecule has 0 aromatic rings. The summed E-state index contributed by atoms with van der Waals surface area (Å²) in [5.41, 5.74) is 2.66. The highest BCUT2D eigenvalue weighted by Crippen LogP contribution is 2.15. The number of hydrogen-bond donors (Lipinski definition) is 0. The summed E-state index contributed by atoms with van der Waals surface area (Å²) in [4.78, 5) is 4.49. The van der Waals surface area contributed by atoms with E-state index in [1.165, 1.54) is 24.1 Å². The van der Waals surface area contributed by atoms with Gasteiger partial charge in [0.15, 0.2) is 0 Å². The summed E-state index contributed by atoms with van der Waals surface area (Å²) >= 11 is 0. The Labute approximate surface area is 69.2 Å². The van der Waals surface area contributed by atoms with Crippen molar-refractivity contribution in [3.8, 4) is 0 Å². The molecule has 1 aliphatic heterocycles. The second-order valence-electron chi connectivity index (χ2n) is 3.57. The van der Waals surface area contributed by atoms with Crippen LogP contribution in [-0.2, 0) is 0 Å². The van der Waals surface area contributed by atoms with Gasteiger partial charge in [0.1, 0.15) is 0 Å². The minimum absolute atomic E-state index is 0.679. The maximum Gasteiger partial charge on any atom is 0.0392 e. The standard InChI is InChI=1S/C10H17N/c1-8(2)7-10-9(3)5-4-6-11-10/h7,9H,4-6H2,1-3H3. The Morgan fingerprint density at radius 3 is 2.82 bits per heavy atom. The van der Waals surface area contributed by atoms with Crippen LogP contribution in [0.2, 0.25) is 0 Å². The van der Waals surface area contributed by atoms with E-state index >= 15 is 0 Å². The quantitative estimate of drug-likeness (QED) is 0.546. The van der Waals surface area contributed by atoms with Crippen molar-refractivity contribution in [2.45, 2.75) is 33.6 Å². The lowest BCUT2D eigenvalue weighted by Gasteiger charge is -2.16. The molecule has 0 aromatic heterocycles. The molecule has 62 valence electrons. The van der Waals surface area contributed by atoms with Crippen molar-refractivity contribution in [3.05, 3.63) is 11.6 Å². The van der Waals surface area contributed by atoms with E-state index in [2.05, 4.69) is 31.8 Å². The van der Waals surface area contributed by atoms with Crippen molar-refractivity contribution < 1.29 is 0 Å². The predicted octanol–water partition coefficient (Wildman–Crippen LogP) is 2.82. The van der Waals surface area contributed by atoms with Crippen LogP contribution in [0.5, 0.6) is 0 Å². The van der Waals surface area contributed by atoms with Gasteiger partial charge in [-0.15, -0.1) is 0 Å². The summed E-state index contributed by atoms with van der Waals surface area (Å²) in [7, 11) is 0. The largest absolute Gasteiger partial charge is 0.289 e. The van der Waals surface area contributed by atoms with Crippen LogP contribution in [0.1, 0.15) is 33.6 Å². The summed E-state index contributed by atoms with van der Waals surface area (Å²) in [6.07, 6.45) is 4.79. The lowest BCUT2D eigenvalue weighted by atomic mass is 9.95. The third-order valence-corrected chi connectivity index (χ3v) is 2.03. The van der Waals surface area contributed by atoms with Gasteiger partial charge in [0.2, 0.25) is 0 Å². The van der Waals surface area contributed by atoms with Gasteiger partial charge >= 0.3 is 0 Å². The maximum atomic E-state index is 4.49. The van der Waals surface area contributed by atoms with Crippen molar-refractivity contribution in [1.82, 2.24) is 0 Å². The molecule has 0 saturated heterocycles. The van der Waals surface area contributed by atoms with E-state index < -0.39 is 0 Å². The molecular weight excluding hydrogens is 134 g/mol. The lowest BCUT2D eigenvalue weighted by molar-refractivity contribution is 0.611. The van der Waals surface area contributed by atoms with Gasteiger partial charge in [-0.3, -0.25) is 4.99 Å². The monoisotopic (exact) mass is 151 g/mol. The fourth-order valence-electron chi connectivity index (χ4n) is 1.39. The van der Waals surface area contributed by atoms with Gasteiger partial charge in [0, 0.05) is 12.3 Å². The van der Waals surface area contributed by atoms with Crippen molar-refractivity contribution in [2.75, 3.05) is 6.54 Å². The molecule has 1 unspecified atom stereocenters. The van der Waals surface area contributed by atoms with Crippen molar-refractivity contribution >= 4 is 5.71 Å². The van der Waals surface area contributed by atoms with Crippen LogP contribution < -0.4 is 0 Å². The maximum absolute atomic E-state index is 4.49. The smallest absolute Gasteiger partial charge is 0.0392 e. The third kappa shape index (κ3) is 2.49. The van der Waals surface area contributed by atoms with Crippen LogP contribution in [-0.4, -0.2) is 12.3 Å². The molecule has 0 amide bonds. The van der Waals surface area contributed by atoms with Crippen LogP contribution in [0.4, 0.5) is 0 Å². The number of aliphatic imine (C=N–C) groups is 1. The first-order chi connectivity index (χ1) is 5.20. The van der Waals surface area contributed by atoms with E-state index in [0.29, 0.717) is 5.92 Å². The van der Waals surface area contributed by atoms with E-state index in [4.69, 9.17) is 0 Å². The Kier molecular flexibility index (Phi) is 2.86. The van der Waals surface area contributed by atoms with E-state index in [0.717, 1.165) is 6.54 Å². The third-order valence-electron chi connectivity index (χ3n) is 2.03. The van der Waals surface area contributed by atoms with Crippen molar-refractivity contribution in [2.24, 2.45) is 10.9 Å². The predicted molar refractivity (Wildman–Crippen MR) is 50.1 cm³/mol. The highest BCUT2D eigenvalue weighted by atomic mass is 14.7. The summed E-state index contributed by atoms with van der Waals surface area (Å²) in [5.74, 6) is 0.679. The molecule has 0 aromatic carbocycles. The zero-order chi connectivity index (χ0) is 8.27. The van der Waals surface area contributed by atoms with Crippen LogP contribution >= 0.6 is 0 Å². The molecule has 1 atom stereocenters. The Balaban J connectivity index is 2.68. The van der Waals surface area contributed by atoms with Gasteiger partial charge in [-0.2, -0.15) is 0 Å². The Bertz CT molecular complexity index is 185. The van der Waals surface area contributed by atoms with E-state index in [1.807, 2.05) is 0 Å². The molecular formula is C10H17N. The molecule has 1 rings (SSSR count). The van der Waals surface area contributed by atoms with E-state index in [9.17, 15) is 0 Å². The zero-order valence-corrected chi connectivity index (χ0v) is 7.72. The van der Waals surface area contributed by atoms with Gasteiger partial charge in [-0.25, -0.2) is 0 Å². The SMILES string of the molecule is CC(C)=CC1=NCCCC1C. The Morgan fingerprint density at radius 2 is 2.27 bits per heavy atom. The van der Waals surface area contributed by atoms with Crippen LogP contribution in [0, 0.1) is 5.92 Å². The van der Waals surface area contributed by atoms with Crippen molar-refractivity contribution in [1.29, 1.82) is 0 Å².